The van der Waals surface area contributed by atoms with Crippen molar-refractivity contribution in [2.75, 3.05) is 12.3 Å². The van der Waals surface area contributed by atoms with Gasteiger partial charge < -0.3 is 5.32 Å². The van der Waals surface area contributed by atoms with Crippen LogP contribution in [0.5, 0.6) is 0 Å². The van der Waals surface area contributed by atoms with Gasteiger partial charge in [0.05, 0.1) is 5.75 Å². The van der Waals surface area contributed by atoms with Crippen LogP contribution in [0.15, 0.2) is 29.4 Å². The van der Waals surface area contributed by atoms with Gasteiger partial charge in [-0.05, 0) is 31.5 Å². The summed E-state index contributed by atoms with van der Waals surface area (Å²) in [6, 6.07) is 7.64. The van der Waals surface area contributed by atoms with E-state index in [-0.39, 0.29) is 5.75 Å². The molecule has 23 heavy (non-hydrogen) atoms. The number of halogens is 3. The molecule has 0 spiro atoms. The molecule has 0 unspecified atom stereocenters. The molecule has 0 fully saturated rings. The van der Waals surface area contributed by atoms with Gasteiger partial charge in [-0.15, -0.1) is 10.2 Å². The van der Waals surface area contributed by atoms with Crippen LogP contribution in [-0.4, -0.2) is 39.1 Å². The van der Waals surface area contributed by atoms with Crippen molar-refractivity contribution in [3.63, 3.8) is 0 Å². The van der Waals surface area contributed by atoms with E-state index in [4.69, 9.17) is 0 Å². The fourth-order valence-corrected chi connectivity index (χ4v) is 2.71. The number of thioether (sulfide) groups is 1. The third-order valence-corrected chi connectivity index (χ3v) is 3.80. The molecule has 0 atom stereocenters. The van der Waals surface area contributed by atoms with Gasteiger partial charge in [0.15, 0.2) is 5.16 Å². The maximum Gasteiger partial charge on any atom is 0.405 e. The van der Waals surface area contributed by atoms with Crippen molar-refractivity contribution in [2.24, 2.45) is 0 Å². The SMILES string of the molecule is Cc1cccc(-n2c(C)nnc2SCC(=O)NCC(F)(F)F)c1. The second kappa shape index (κ2) is 7.03. The zero-order chi connectivity index (χ0) is 17.0. The summed E-state index contributed by atoms with van der Waals surface area (Å²) in [4.78, 5) is 11.5. The molecule has 0 saturated heterocycles. The number of benzene rings is 1. The number of nitrogens with zero attached hydrogens (tertiary/aromatic N) is 3. The van der Waals surface area contributed by atoms with Crippen LogP contribution in [0.3, 0.4) is 0 Å². The predicted octanol–water partition coefficient (Wildman–Crippen LogP) is 2.65. The van der Waals surface area contributed by atoms with Crippen molar-refractivity contribution in [3.8, 4) is 5.69 Å². The molecule has 2 rings (SSSR count). The summed E-state index contributed by atoms with van der Waals surface area (Å²) in [5, 5.41) is 10.2. The summed E-state index contributed by atoms with van der Waals surface area (Å²) in [7, 11) is 0. The molecule has 0 aliphatic carbocycles. The highest BCUT2D eigenvalue weighted by Gasteiger charge is 2.27. The standard InChI is InChI=1S/C14H15F3N4OS/c1-9-4-3-5-11(6-9)21-10(2)19-20-13(21)23-7-12(22)18-8-14(15,16)17/h3-6H,7-8H2,1-2H3,(H,18,22). The highest BCUT2D eigenvalue weighted by Crippen LogP contribution is 2.22. The number of carbonyl (C=O) groups excluding carboxylic acids is 1. The molecule has 9 heteroatoms. The Hall–Kier alpha value is -2.03. The Kier molecular flexibility index (Phi) is 5.30. The molecule has 1 heterocycles. The molecule has 1 N–H and O–H groups in total. The minimum Gasteiger partial charge on any atom is -0.346 e. The average Bonchev–Trinajstić information content (AvgIpc) is 2.83. The largest absolute Gasteiger partial charge is 0.405 e. The van der Waals surface area contributed by atoms with Crippen LogP contribution < -0.4 is 5.32 Å². The van der Waals surface area contributed by atoms with E-state index in [2.05, 4.69) is 10.2 Å². The second-order valence-electron chi connectivity index (χ2n) is 4.88. The first kappa shape index (κ1) is 17.3. The molecule has 0 aliphatic rings. The average molecular weight is 344 g/mol. The smallest absolute Gasteiger partial charge is 0.346 e. The highest BCUT2D eigenvalue weighted by atomic mass is 32.2. The highest BCUT2D eigenvalue weighted by molar-refractivity contribution is 7.99. The summed E-state index contributed by atoms with van der Waals surface area (Å²) in [6.45, 7) is 2.37. The van der Waals surface area contributed by atoms with Gasteiger partial charge in [0.2, 0.25) is 5.91 Å². The number of aryl methyl sites for hydroxylation is 2. The topological polar surface area (TPSA) is 59.8 Å². The Morgan fingerprint density at radius 3 is 2.70 bits per heavy atom. The van der Waals surface area contributed by atoms with Crippen LogP contribution in [0.1, 0.15) is 11.4 Å². The molecule has 0 radical (unpaired) electrons. The van der Waals surface area contributed by atoms with E-state index in [1.54, 1.807) is 11.5 Å². The summed E-state index contributed by atoms with van der Waals surface area (Å²) in [5.74, 6) is -0.238. The molecular weight excluding hydrogens is 329 g/mol. The van der Waals surface area contributed by atoms with Crippen molar-refractivity contribution in [3.05, 3.63) is 35.7 Å². The second-order valence-corrected chi connectivity index (χ2v) is 5.83. The summed E-state index contributed by atoms with van der Waals surface area (Å²) in [5.41, 5.74) is 1.89. The van der Waals surface area contributed by atoms with Crippen LogP contribution in [0.4, 0.5) is 13.2 Å². The molecule has 0 aliphatic heterocycles. The van der Waals surface area contributed by atoms with Crippen molar-refractivity contribution in [1.82, 2.24) is 20.1 Å². The van der Waals surface area contributed by atoms with E-state index in [1.807, 2.05) is 36.5 Å². The number of hydrogen-bond donors (Lipinski definition) is 1. The minimum atomic E-state index is -4.42. The van der Waals surface area contributed by atoms with Gasteiger partial charge in [0.1, 0.15) is 12.4 Å². The van der Waals surface area contributed by atoms with Crippen molar-refractivity contribution >= 4 is 17.7 Å². The zero-order valence-electron chi connectivity index (χ0n) is 12.5. The van der Waals surface area contributed by atoms with Crippen LogP contribution in [0.25, 0.3) is 5.69 Å². The third kappa shape index (κ3) is 4.98. The number of hydrogen-bond acceptors (Lipinski definition) is 4. The molecular formula is C14H15F3N4OS. The van der Waals surface area contributed by atoms with Crippen molar-refractivity contribution in [2.45, 2.75) is 25.2 Å². The molecule has 0 bridgehead atoms. The number of nitrogens with one attached hydrogen (secondary N) is 1. The Morgan fingerprint density at radius 1 is 1.30 bits per heavy atom. The molecule has 1 aromatic carbocycles. The molecule has 1 aromatic heterocycles. The quantitative estimate of drug-likeness (QED) is 0.847. The van der Waals surface area contributed by atoms with Crippen LogP contribution in [-0.2, 0) is 4.79 Å². The first-order chi connectivity index (χ1) is 10.8. The Balaban J connectivity index is 2.06. The lowest BCUT2D eigenvalue weighted by Crippen LogP contribution is -2.34. The summed E-state index contributed by atoms with van der Waals surface area (Å²) in [6.07, 6.45) is -4.42. The molecule has 5 nitrogen and oxygen atoms in total. The maximum absolute atomic E-state index is 12.1. The van der Waals surface area contributed by atoms with Gasteiger partial charge in [-0.2, -0.15) is 13.2 Å². The number of amides is 1. The van der Waals surface area contributed by atoms with Gasteiger partial charge >= 0.3 is 6.18 Å². The normalized spacial score (nSPS) is 11.5. The number of alkyl halides is 3. The lowest BCUT2D eigenvalue weighted by Gasteiger charge is -2.10. The van der Waals surface area contributed by atoms with E-state index in [0.29, 0.717) is 11.0 Å². The first-order valence-electron chi connectivity index (χ1n) is 6.71. The Labute approximate surface area is 135 Å². The lowest BCUT2D eigenvalue weighted by molar-refractivity contribution is -0.136. The fraction of sp³-hybridized carbons (Fsp3) is 0.357. The minimum absolute atomic E-state index is 0.167. The maximum atomic E-state index is 12.1. The third-order valence-electron chi connectivity index (χ3n) is 2.87. The number of carbonyl (C=O) groups is 1. The molecule has 124 valence electrons. The molecule has 1 amide bonds. The van der Waals surface area contributed by atoms with Gasteiger partial charge in [-0.3, -0.25) is 9.36 Å². The molecule has 2 aromatic rings. The van der Waals surface area contributed by atoms with Crippen molar-refractivity contribution in [1.29, 1.82) is 0 Å². The van der Waals surface area contributed by atoms with Gasteiger partial charge in [-0.1, -0.05) is 23.9 Å². The lowest BCUT2D eigenvalue weighted by atomic mass is 10.2. The first-order valence-corrected chi connectivity index (χ1v) is 7.70. The van der Waals surface area contributed by atoms with Crippen LogP contribution in [0, 0.1) is 13.8 Å². The summed E-state index contributed by atoms with van der Waals surface area (Å²) < 4.78 is 37.9. The van der Waals surface area contributed by atoms with E-state index >= 15 is 0 Å². The van der Waals surface area contributed by atoms with Gasteiger partial charge in [0.25, 0.3) is 0 Å². The van der Waals surface area contributed by atoms with E-state index in [0.717, 1.165) is 23.0 Å². The van der Waals surface area contributed by atoms with E-state index in [1.165, 1.54) is 0 Å². The summed E-state index contributed by atoms with van der Waals surface area (Å²) >= 11 is 1.04. The zero-order valence-corrected chi connectivity index (χ0v) is 13.3. The van der Waals surface area contributed by atoms with Crippen LogP contribution in [0.2, 0.25) is 0 Å². The van der Waals surface area contributed by atoms with Gasteiger partial charge in [0, 0.05) is 5.69 Å². The number of rotatable bonds is 5. The molecule has 0 saturated carbocycles. The fourth-order valence-electron chi connectivity index (χ4n) is 1.88. The van der Waals surface area contributed by atoms with Crippen LogP contribution >= 0.6 is 11.8 Å². The monoisotopic (exact) mass is 344 g/mol. The number of aromatic nitrogens is 3. The van der Waals surface area contributed by atoms with E-state index < -0.39 is 18.6 Å². The van der Waals surface area contributed by atoms with Crippen molar-refractivity contribution < 1.29 is 18.0 Å². The van der Waals surface area contributed by atoms with E-state index in [9.17, 15) is 18.0 Å². The Morgan fingerprint density at radius 2 is 2.04 bits per heavy atom. The predicted molar refractivity (Wildman–Crippen MR) is 80.6 cm³/mol. The van der Waals surface area contributed by atoms with Gasteiger partial charge in [-0.25, -0.2) is 0 Å². The Bertz CT molecular complexity index is 700.